The van der Waals surface area contributed by atoms with E-state index in [9.17, 15) is 9.18 Å². The molecule has 2 aromatic carbocycles. The molecule has 0 unspecified atom stereocenters. The summed E-state index contributed by atoms with van der Waals surface area (Å²) in [5.41, 5.74) is 2.83. The van der Waals surface area contributed by atoms with Crippen molar-refractivity contribution in [2.24, 2.45) is 0 Å². The van der Waals surface area contributed by atoms with Crippen molar-refractivity contribution in [2.75, 3.05) is 0 Å². The van der Waals surface area contributed by atoms with Gasteiger partial charge in [0, 0.05) is 5.56 Å². The second-order valence-corrected chi connectivity index (χ2v) is 3.66. The van der Waals surface area contributed by atoms with E-state index in [0.29, 0.717) is 5.56 Å². The lowest BCUT2D eigenvalue weighted by molar-refractivity contribution is 0.112. The molecular formula is C14H11FO. The highest BCUT2D eigenvalue weighted by molar-refractivity contribution is 5.74. The van der Waals surface area contributed by atoms with Crippen molar-refractivity contribution in [2.45, 2.75) is 6.42 Å². The fraction of sp³-hybridized carbons (Fsp3) is 0.0714. The van der Waals surface area contributed by atoms with E-state index in [4.69, 9.17) is 0 Å². The quantitative estimate of drug-likeness (QED) is 0.717. The van der Waals surface area contributed by atoms with E-state index >= 15 is 0 Å². The minimum atomic E-state index is -0.222. The van der Waals surface area contributed by atoms with Gasteiger partial charge in [0.15, 0.2) is 0 Å². The van der Waals surface area contributed by atoms with Crippen LogP contribution in [-0.4, -0.2) is 6.29 Å². The van der Waals surface area contributed by atoms with Crippen molar-refractivity contribution < 1.29 is 9.18 Å². The molecule has 0 saturated carbocycles. The molecule has 2 heteroatoms. The molecule has 0 bridgehead atoms. The highest BCUT2D eigenvalue weighted by Crippen LogP contribution is 2.11. The summed E-state index contributed by atoms with van der Waals surface area (Å²) in [4.78, 5) is 10.5. The Morgan fingerprint density at radius 2 is 1.38 bits per heavy atom. The molecule has 16 heavy (non-hydrogen) atoms. The third-order valence-electron chi connectivity index (χ3n) is 2.44. The Kier molecular flexibility index (Phi) is 3.10. The molecule has 2 rings (SSSR count). The number of hydrogen-bond donors (Lipinski definition) is 0. The smallest absolute Gasteiger partial charge is 0.150 e. The van der Waals surface area contributed by atoms with Crippen LogP contribution in [0.5, 0.6) is 0 Å². The molecule has 0 atom stereocenters. The monoisotopic (exact) mass is 214 g/mol. The lowest BCUT2D eigenvalue weighted by Crippen LogP contribution is -1.89. The average molecular weight is 214 g/mol. The molecule has 0 aliphatic carbocycles. The Balaban J connectivity index is 2.14. The summed E-state index contributed by atoms with van der Waals surface area (Å²) in [6.07, 6.45) is 1.57. The number of hydrogen-bond acceptors (Lipinski definition) is 1. The third kappa shape index (κ3) is 2.54. The summed E-state index contributed by atoms with van der Waals surface area (Å²) < 4.78 is 12.7. The van der Waals surface area contributed by atoms with Gasteiger partial charge in [0.25, 0.3) is 0 Å². The minimum absolute atomic E-state index is 0.222. The Hall–Kier alpha value is -1.96. The summed E-state index contributed by atoms with van der Waals surface area (Å²) in [6, 6.07) is 13.8. The largest absolute Gasteiger partial charge is 0.298 e. The first-order valence-electron chi connectivity index (χ1n) is 5.06. The Bertz CT molecular complexity index is 471. The van der Waals surface area contributed by atoms with Gasteiger partial charge >= 0.3 is 0 Å². The molecule has 0 aromatic heterocycles. The van der Waals surface area contributed by atoms with Crippen LogP contribution in [0.1, 0.15) is 21.5 Å². The van der Waals surface area contributed by atoms with E-state index in [0.717, 1.165) is 23.8 Å². The van der Waals surface area contributed by atoms with Crippen LogP contribution in [-0.2, 0) is 6.42 Å². The molecule has 0 radical (unpaired) electrons. The molecular weight excluding hydrogens is 203 g/mol. The van der Waals surface area contributed by atoms with Crippen LogP contribution in [0.4, 0.5) is 4.39 Å². The molecule has 0 spiro atoms. The van der Waals surface area contributed by atoms with Crippen LogP contribution < -0.4 is 0 Å². The van der Waals surface area contributed by atoms with E-state index in [-0.39, 0.29) is 5.82 Å². The van der Waals surface area contributed by atoms with Crippen molar-refractivity contribution >= 4 is 6.29 Å². The zero-order valence-electron chi connectivity index (χ0n) is 8.69. The molecule has 0 fully saturated rings. The zero-order chi connectivity index (χ0) is 11.4. The first-order chi connectivity index (χ1) is 7.78. The number of benzene rings is 2. The van der Waals surface area contributed by atoms with Gasteiger partial charge in [0.05, 0.1) is 0 Å². The molecule has 80 valence electrons. The molecule has 0 heterocycles. The third-order valence-corrected chi connectivity index (χ3v) is 2.44. The summed E-state index contributed by atoms with van der Waals surface area (Å²) >= 11 is 0. The maximum Gasteiger partial charge on any atom is 0.150 e. The number of halogens is 1. The first-order valence-corrected chi connectivity index (χ1v) is 5.06. The van der Waals surface area contributed by atoms with Crippen molar-refractivity contribution in [3.63, 3.8) is 0 Å². The van der Waals surface area contributed by atoms with Crippen molar-refractivity contribution in [1.82, 2.24) is 0 Å². The van der Waals surface area contributed by atoms with Gasteiger partial charge in [-0.2, -0.15) is 0 Å². The fourth-order valence-corrected chi connectivity index (χ4v) is 1.55. The SMILES string of the molecule is O=Cc1ccc(Cc2ccc(F)cc2)cc1. The van der Waals surface area contributed by atoms with E-state index in [1.165, 1.54) is 12.1 Å². The first kappa shape index (κ1) is 10.6. The lowest BCUT2D eigenvalue weighted by Gasteiger charge is -2.02. The molecule has 0 aliphatic heterocycles. The van der Waals surface area contributed by atoms with Crippen LogP contribution >= 0.6 is 0 Å². The summed E-state index contributed by atoms with van der Waals surface area (Å²) in [5, 5.41) is 0. The van der Waals surface area contributed by atoms with Gasteiger partial charge in [-0.05, 0) is 29.7 Å². The average Bonchev–Trinajstić information content (AvgIpc) is 2.33. The number of rotatable bonds is 3. The molecule has 0 amide bonds. The highest BCUT2D eigenvalue weighted by atomic mass is 19.1. The van der Waals surface area contributed by atoms with Gasteiger partial charge in [0.2, 0.25) is 0 Å². The molecule has 0 aliphatic rings. The van der Waals surface area contributed by atoms with Crippen LogP contribution in [0.3, 0.4) is 0 Å². The van der Waals surface area contributed by atoms with Gasteiger partial charge in [-0.15, -0.1) is 0 Å². The lowest BCUT2D eigenvalue weighted by atomic mass is 10.0. The highest BCUT2D eigenvalue weighted by Gasteiger charge is 1.97. The maximum atomic E-state index is 12.7. The Morgan fingerprint density at radius 1 is 0.875 bits per heavy atom. The topological polar surface area (TPSA) is 17.1 Å². The number of aldehydes is 1. The number of carbonyl (C=O) groups excluding carboxylic acids is 1. The van der Waals surface area contributed by atoms with Gasteiger partial charge in [-0.25, -0.2) is 4.39 Å². The van der Waals surface area contributed by atoms with E-state index in [1.54, 1.807) is 24.3 Å². The van der Waals surface area contributed by atoms with Crippen LogP contribution in [0.2, 0.25) is 0 Å². The minimum Gasteiger partial charge on any atom is -0.298 e. The normalized spacial score (nSPS) is 10.1. The van der Waals surface area contributed by atoms with E-state index < -0.39 is 0 Å². The number of carbonyl (C=O) groups is 1. The Morgan fingerprint density at radius 3 is 1.88 bits per heavy atom. The van der Waals surface area contributed by atoms with Crippen LogP contribution in [0.15, 0.2) is 48.5 Å². The summed E-state index contributed by atoms with van der Waals surface area (Å²) in [6.45, 7) is 0. The molecule has 2 aromatic rings. The van der Waals surface area contributed by atoms with Crippen molar-refractivity contribution in [3.05, 3.63) is 71.0 Å². The predicted octanol–water partition coefficient (Wildman–Crippen LogP) is 3.23. The van der Waals surface area contributed by atoms with Gasteiger partial charge in [-0.3, -0.25) is 4.79 Å². The van der Waals surface area contributed by atoms with Crippen LogP contribution in [0, 0.1) is 5.82 Å². The van der Waals surface area contributed by atoms with Crippen molar-refractivity contribution in [3.8, 4) is 0 Å². The van der Waals surface area contributed by atoms with Gasteiger partial charge in [0.1, 0.15) is 12.1 Å². The zero-order valence-corrected chi connectivity index (χ0v) is 8.69. The maximum absolute atomic E-state index is 12.7. The summed E-state index contributed by atoms with van der Waals surface area (Å²) in [5.74, 6) is -0.222. The van der Waals surface area contributed by atoms with Gasteiger partial charge in [-0.1, -0.05) is 36.4 Å². The second kappa shape index (κ2) is 4.71. The van der Waals surface area contributed by atoms with Gasteiger partial charge < -0.3 is 0 Å². The van der Waals surface area contributed by atoms with E-state index in [1.807, 2.05) is 12.1 Å². The van der Waals surface area contributed by atoms with E-state index in [2.05, 4.69) is 0 Å². The molecule has 0 N–H and O–H groups in total. The van der Waals surface area contributed by atoms with Crippen molar-refractivity contribution in [1.29, 1.82) is 0 Å². The molecule has 0 saturated heterocycles. The molecule has 1 nitrogen and oxygen atoms in total. The standard InChI is InChI=1S/C14H11FO/c15-14-7-5-12(6-8-14)9-11-1-3-13(10-16)4-2-11/h1-8,10H,9H2. The van der Waals surface area contributed by atoms with Crippen LogP contribution in [0.25, 0.3) is 0 Å². The Labute approximate surface area is 93.5 Å². The predicted molar refractivity (Wildman–Crippen MR) is 61.0 cm³/mol. The fourth-order valence-electron chi connectivity index (χ4n) is 1.55. The summed E-state index contributed by atoms with van der Waals surface area (Å²) in [7, 11) is 0. The second-order valence-electron chi connectivity index (χ2n) is 3.66.